The molecule has 0 aromatic heterocycles. The summed E-state index contributed by atoms with van der Waals surface area (Å²) in [5, 5.41) is 1.18. The number of methoxy groups -OCH3 is 1. The molecule has 1 rings (SSSR count). The molecule has 0 N–H and O–H groups in total. The molecule has 0 spiro atoms. The monoisotopic (exact) mass is 223 g/mol. The largest absolute Gasteiger partial charge is 0.496 e. The average Bonchev–Trinajstić information content (AvgIpc) is 2.31. The predicted octanol–water partition coefficient (Wildman–Crippen LogP) is 3.02. The quantitative estimate of drug-likeness (QED) is 0.578. The van der Waals surface area contributed by atoms with Crippen molar-refractivity contribution in [2.45, 2.75) is 12.8 Å². The van der Waals surface area contributed by atoms with Crippen LogP contribution < -0.4 is 4.74 Å². The van der Waals surface area contributed by atoms with Crippen molar-refractivity contribution in [2.75, 3.05) is 20.4 Å². The van der Waals surface area contributed by atoms with E-state index in [0.29, 0.717) is 0 Å². The van der Waals surface area contributed by atoms with E-state index in [1.807, 2.05) is 25.2 Å². The lowest BCUT2D eigenvalue weighted by Crippen LogP contribution is -1.97. The molecule has 0 saturated heterocycles. The second kappa shape index (κ2) is 6.51. The van der Waals surface area contributed by atoms with Crippen molar-refractivity contribution >= 4 is 16.8 Å². The van der Waals surface area contributed by atoms with Gasteiger partial charge in [0.25, 0.3) is 0 Å². The first-order chi connectivity index (χ1) is 7.31. The molecule has 1 aromatic rings. The molecule has 0 atom stereocenters. The normalized spacial score (nSPS) is 11.5. The average molecular weight is 223 g/mol. The molecule has 82 valence electrons. The minimum absolute atomic E-state index is 0.967. The maximum absolute atomic E-state index is 5.30. The van der Waals surface area contributed by atoms with Gasteiger partial charge in [0, 0.05) is 7.05 Å². The number of benzene rings is 1. The standard InChI is InChI=1S/C12H17NOS/c1-13-12(15-3)9-8-10-6-4-5-7-11(10)14-2/h4-7H,8-9H2,1-3H3. The van der Waals surface area contributed by atoms with Crippen LogP contribution in [0.2, 0.25) is 0 Å². The third-order valence-corrected chi connectivity index (χ3v) is 3.14. The van der Waals surface area contributed by atoms with Gasteiger partial charge in [-0.3, -0.25) is 4.99 Å². The van der Waals surface area contributed by atoms with Gasteiger partial charge in [0.15, 0.2) is 0 Å². The van der Waals surface area contributed by atoms with Gasteiger partial charge < -0.3 is 4.74 Å². The molecule has 15 heavy (non-hydrogen) atoms. The molecule has 0 fully saturated rings. The Kier molecular flexibility index (Phi) is 5.26. The number of ether oxygens (including phenoxy) is 1. The van der Waals surface area contributed by atoms with Gasteiger partial charge in [-0.25, -0.2) is 0 Å². The number of hydrogen-bond donors (Lipinski definition) is 0. The van der Waals surface area contributed by atoms with Gasteiger partial charge in [0.1, 0.15) is 5.75 Å². The van der Waals surface area contributed by atoms with Crippen molar-refractivity contribution < 1.29 is 4.74 Å². The highest BCUT2D eigenvalue weighted by Crippen LogP contribution is 2.20. The molecule has 0 saturated carbocycles. The molecule has 0 aliphatic carbocycles. The van der Waals surface area contributed by atoms with Gasteiger partial charge in [-0.05, 0) is 30.7 Å². The van der Waals surface area contributed by atoms with E-state index in [-0.39, 0.29) is 0 Å². The number of aryl methyl sites for hydroxylation is 1. The van der Waals surface area contributed by atoms with Gasteiger partial charge in [0.2, 0.25) is 0 Å². The number of rotatable bonds is 4. The summed E-state index contributed by atoms with van der Waals surface area (Å²) < 4.78 is 5.30. The smallest absolute Gasteiger partial charge is 0.122 e. The van der Waals surface area contributed by atoms with E-state index in [2.05, 4.69) is 17.3 Å². The Morgan fingerprint density at radius 3 is 2.73 bits per heavy atom. The summed E-state index contributed by atoms with van der Waals surface area (Å²) in [6, 6.07) is 8.13. The van der Waals surface area contributed by atoms with Gasteiger partial charge >= 0.3 is 0 Å². The van der Waals surface area contributed by atoms with Crippen molar-refractivity contribution in [3.63, 3.8) is 0 Å². The highest BCUT2D eigenvalue weighted by atomic mass is 32.2. The number of para-hydroxylation sites is 1. The number of nitrogens with zero attached hydrogens (tertiary/aromatic N) is 1. The van der Waals surface area contributed by atoms with Crippen LogP contribution in [0.25, 0.3) is 0 Å². The molecular formula is C12H17NOS. The Morgan fingerprint density at radius 2 is 2.13 bits per heavy atom. The lowest BCUT2D eigenvalue weighted by atomic mass is 10.1. The summed E-state index contributed by atoms with van der Waals surface area (Å²) in [5.41, 5.74) is 1.25. The molecule has 0 radical (unpaired) electrons. The molecule has 1 aromatic carbocycles. The van der Waals surface area contributed by atoms with E-state index in [9.17, 15) is 0 Å². The van der Waals surface area contributed by atoms with E-state index in [0.717, 1.165) is 18.6 Å². The molecule has 2 nitrogen and oxygen atoms in total. The summed E-state index contributed by atoms with van der Waals surface area (Å²) in [6.45, 7) is 0. The van der Waals surface area contributed by atoms with E-state index in [1.165, 1.54) is 10.6 Å². The molecule has 0 bridgehead atoms. The van der Waals surface area contributed by atoms with Crippen molar-refractivity contribution in [3.8, 4) is 5.75 Å². The molecule has 0 heterocycles. The molecule has 0 aliphatic rings. The van der Waals surface area contributed by atoms with Gasteiger partial charge in [-0.15, -0.1) is 11.8 Å². The van der Waals surface area contributed by atoms with Crippen LogP contribution in [-0.2, 0) is 6.42 Å². The zero-order valence-corrected chi connectivity index (χ0v) is 10.3. The van der Waals surface area contributed by atoms with Crippen LogP contribution >= 0.6 is 11.8 Å². The SMILES string of the molecule is CN=C(CCc1ccccc1OC)SC. The van der Waals surface area contributed by atoms with Crippen LogP contribution in [-0.4, -0.2) is 25.5 Å². The Bertz CT molecular complexity index is 336. The van der Waals surface area contributed by atoms with E-state index in [1.54, 1.807) is 18.9 Å². The van der Waals surface area contributed by atoms with Crippen molar-refractivity contribution in [3.05, 3.63) is 29.8 Å². The second-order valence-electron chi connectivity index (χ2n) is 3.13. The summed E-state index contributed by atoms with van der Waals surface area (Å²) in [6.07, 6.45) is 4.03. The lowest BCUT2D eigenvalue weighted by Gasteiger charge is -2.08. The van der Waals surface area contributed by atoms with Crippen LogP contribution in [0.5, 0.6) is 5.75 Å². The Morgan fingerprint density at radius 1 is 1.40 bits per heavy atom. The number of aliphatic imine (C=N–C) groups is 1. The maximum atomic E-state index is 5.30. The summed E-state index contributed by atoms with van der Waals surface area (Å²) >= 11 is 1.71. The van der Waals surface area contributed by atoms with E-state index >= 15 is 0 Å². The molecule has 0 unspecified atom stereocenters. The topological polar surface area (TPSA) is 21.6 Å². The first-order valence-corrected chi connectivity index (χ1v) is 6.15. The summed E-state index contributed by atoms with van der Waals surface area (Å²) in [7, 11) is 3.55. The van der Waals surface area contributed by atoms with Crippen molar-refractivity contribution in [2.24, 2.45) is 4.99 Å². The minimum atomic E-state index is 0.967. The van der Waals surface area contributed by atoms with Crippen LogP contribution in [0.3, 0.4) is 0 Å². The minimum Gasteiger partial charge on any atom is -0.496 e. The van der Waals surface area contributed by atoms with Crippen LogP contribution in [0.1, 0.15) is 12.0 Å². The predicted molar refractivity (Wildman–Crippen MR) is 68.2 cm³/mol. The van der Waals surface area contributed by atoms with Crippen LogP contribution in [0.4, 0.5) is 0 Å². The van der Waals surface area contributed by atoms with Gasteiger partial charge in [0.05, 0.1) is 12.2 Å². The summed E-state index contributed by atoms with van der Waals surface area (Å²) in [4.78, 5) is 4.22. The fourth-order valence-electron chi connectivity index (χ4n) is 1.46. The van der Waals surface area contributed by atoms with Crippen molar-refractivity contribution in [1.82, 2.24) is 0 Å². The fraction of sp³-hybridized carbons (Fsp3) is 0.417. The van der Waals surface area contributed by atoms with Crippen LogP contribution in [0.15, 0.2) is 29.3 Å². The Labute approximate surface area is 95.8 Å². The third kappa shape index (κ3) is 3.59. The molecular weight excluding hydrogens is 206 g/mol. The Hall–Kier alpha value is -0.960. The molecule has 0 amide bonds. The van der Waals surface area contributed by atoms with Gasteiger partial charge in [-0.2, -0.15) is 0 Å². The van der Waals surface area contributed by atoms with Crippen LogP contribution in [0, 0.1) is 0 Å². The second-order valence-corrected chi connectivity index (χ2v) is 4.01. The zero-order chi connectivity index (χ0) is 11.1. The van der Waals surface area contributed by atoms with Gasteiger partial charge in [-0.1, -0.05) is 18.2 Å². The maximum Gasteiger partial charge on any atom is 0.122 e. The Balaban J connectivity index is 2.64. The van der Waals surface area contributed by atoms with E-state index < -0.39 is 0 Å². The summed E-state index contributed by atoms with van der Waals surface area (Å²) in [5.74, 6) is 0.967. The first-order valence-electron chi connectivity index (χ1n) is 4.93. The first kappa shape index (κ1) is 12.1. The molecule has 0 aliphatic heterocycles. The highest BCUT2D eigenvalue weighted by molar-refractivity contribution is 8.13. The zero-order valence-electron chi connectivity index (χ0n) is 9.49. The van der Waals surface area contributed by atoms with E-state index in [4.69, 9.17) is 4.74 Å². The number of thioether (sulfide) groups is 1. The molecule has 3 heteroatoms. The fourth-order valence-corrected chi connectivity index (χ4v) is 1.95. The lowest BCUT2D eigenvalue weighted by molar-refractivity contribution is 0.410. The highest BCUT2D eigenvalue weighted by Gasteiger charge is 2.03. The van der Waals surface area contributed by atoms with Crippen molar-refractivity contribution in [1.29, 1.82) is 0 Å². The number of hydrogen-bond acceptors (Lipinski definition) is 3. The third-order valence-electron chi connectivity index (χ3n) is 2.29.